The molecule has 1 aromatic rings. The molecule has 0 aromatic heterocycles. The fraction of sp³-hybridized carbons (Fsp3) is 0.500. The molecule has 1 aliphatic heterocycles. The molecule has 0 unspecified atom stereocenters. The van der Waals surface area contributed by atoms with Crippen molar-refractivity contribution in [2.75, 3.05) is 13.2 Å². The van der Waals surface area contributed by atoms with E-state index in [2.05, 4.69) is 6.92 Å². The second-order valence-electron chi connectivity index (χ2n) is 3.82. The molecule has 0 N–H and O–H groups in total. The van der Waals surface area contributed by atoms with E-state index in [0.29, 0.717) is 23.3 Å². The van der Waals surface area contributed by atoms with Gasteiger partial charge in [-0.3, -0.25) is 0 Å². The van der Waals surface area contributed by atoms with E-state index >= 15 is 0 Å². The monoisotopic (exact) mass is 260 g/mol. The van der Waals surface area contributed by atoms with Gasteiger partial charge in [0.1, 0.15) is 0 Å². The van der Waals surface area contributed by atoms with Crippen LogP contribution in [0.25, 0.3) is 0 Å². The molecule has 88 valence electrons. The molecule has 1 fully saturated rings. The van der Waals surface area contributed by atoms with Gasteiger partial charge in [-0.05, 0) is 12.1 Å². The second kappa shape index (κ2) is 4.92. The molecule has 4 heteroatoms. The van der Waals surface area contributed by atoms with Gasteiger partial charge in [-0.2, -0.15) is 0 Å². The van der Waals surface area contributed by atoms with Crippen LogP contribution in [-0.2, 0) is 15.3 Å². The number of ether oxygens (including phenoxy) is 2. The zero-order chi connectivity index (χ0) is 11.6. The molecule has 0 amide bonds. The molecular weight excluding hydrogens is 247 g/mol. The quantitative estimate of drug-likeness (QED) is 0.818. The van der Waals surface area contributed by atoms with Crippen LogP contribution in [0.3, 0.4) is 0 Å². The lowest BCUT2D eigenvalue weighted by molar-refractivity contribution is -0.170. The molecule has 0 saturated carbocycles. The number of halogens is 2. The number of benzene rings is 1. The first-order valence-electron chi connectivity index (χ1n) is 5.41. The van der Waals surface area contributed by atoms with Gasteiger partial charge in [-0.25, -0.2) is 0 Å². The highest BCUT2D eigenvalue weighted by molar-refractivity contribution is 6.35. The zero-order valence-corrected chi connectivity index (χ0v) is 10.6. The standard InChI is InChI=1S/C12H14Cl2O2/c1-2-5-12(15-6-7-16-12)10-4-3-9(13)8-11(10)14/h3-4,8H,2,5-7H2,1H3. The average Bonchev–Trinajstić information content (AvgIpc) is 2.67. The van der Waals surface area contributed by atoms with Crippen LogP contribution in [0.1, 0.15) is 25.3 Å². The summed E-state index contributed by atoms with van der Waals surface area (Å²) in [7, 11) is 0. The Morgan fingerprint density at radius 3 is 2.50 bits per heavy atom. The Labute approximate surface area is 105 Å². The van der Waals surface area contributed by atoms with Crippen molar-refractivity contribution >= 4 is 23.2 Å². The molecule has 1 aliphatic rings. The summed E-state index contributed by atoms with van der Waals surface area (Å²) in [5.74, 6) is -0.670. The molecular formula is C12H14Cl2O2. The van der Waals surface area contributed by atoms with Gasteiger partial charge in [-0.1, -0.05) is 42.6 Å². The van der Waals surface area contributed by atoms with E-state index in [0.717, 1.165) is 18.4 Å². The van der Waals surface area contributed by atoms with Crippen LogP contribution in [0.15, 0.2) is 18.2 Å². The maximum Gasteiger partial charge on any atom is 0.196 e. The van der Waals surface area contributed by atoms with Gasteiger partial charge in [0.05, 0.1) is 18.2 Å². The Morgan fingerprint density at radius 2 is 1.94 bits per heavy atom. The van der Waals surface area contributed by atoms with Crippen molar-refractivity contribution in [1.82, 2.24) is 0 Å². The summed E-state index contributed by atoms with van der Waals surface area (Å²) in [6.45, 7) is 3.31. The minimum absolute atomic E-state index is 0.600. The first-order valence-corrected chi connectivity index (χ1v) is 6.17. The molecule has 0 bridgehead atoms. The van der Waals surface area contributed by atoms with E-state index < -0.39 is 5.79 Å². The van der Waals surface area contributed by atoms with E-state index in [1.165, 1.54) is 0 Å². The van der Waals surface area contributed by atoms with Crippen molar-refractivity contribution in [3.63, 3.8) is 0 Å². The van der Waals surface area contributed by atoms with Crippen LogP contribution in [0.2, 0.25) is 10.0 Å². The third kappa shape index (κ3) is 2.21. The smallest absolute Gasteiger partial charge is 0.196 e. The fourth-order valence-electron chi connectivity index (χ4n) is 2.02. The van der Waals surface area contributed by atoms with Crippen molar-refractivity contribution in [2.45, 2.75) is 25.6 Å². The van der Waals surface area contributed by atoms with Crippen LogP contribution in [0, 0.1) is 0 Å². The second-order valence-corrected chi connectivity index (χ2v) is 4.67. The van der Waals surface area contributed by atoms with E-state index in [4.69, 9.17) is 32.7 Å². The van der Waals surface area contributed by atoms with Crippen molar-refractivity contribution in [1.29, 1.82) is 0 Å². The van der Waals surface area contributed by atoms with Gasteiger partial charge in [-0.15, -0.1) is 0 Å². The summed E-state index contributed by atoms with van der Waals surface area (Å²) in [5, 5.41) is 1.22. The van der Waals surface area contributed by atoms with Crippen LogP contribution in [0.5, 0.6) is 0 Å². The summed E-state index contributed by atoms with van der Waals surface area (Å²) in [5.41, 5.74) is 0.873. The summed E-state index contributed by atoms with van der Waals surface area (Å²) in [4.78, 5) is 0. The lowest BCUT2D eigenvalue weighted by atomic mass is 10.0. The van der Waals surface area contributed by atoms with Crippen molar-refractivity contribution in [2.24, 2.45) is 0 Å². The SMILES string of the molecule is CCCC1(c2ccc(Cl)cc2Cl)OCCO1. The molecule has 0 aliphatic carbocycles. The zero-order valence-electron chi connectivity index (χ0n) is 9.13. The third-order valence-corrected chi connectivity index (χ3v) is 3.22. The topological polar surface area (TPSA) is 18.5 Å². The molecule has 1 saturated heterocycles. The van der Waals surface area contributed by atoms with Crippen molar-refractivity contribution in [3.05, 3.63) is 33.8 Å². The largest absolute Gasteiger partial charge is 0.343 e. The van der Waals surface area contributed by atoms with Gasteiger partial charge in [0.2, 0.25) is 0 Å². The summed E-state index contributed by atoms with van der Waals surface area (Å²) >= 11 is 12.1. The van der Waals surface area contributed by atoms with Crippen LogP contribution < -0.4 is 0 Å². The normalized spacial score (nSPS) is 18.9. The molecule has 2 rings (SSSR count). The Morgan fingerprint density at radius 1 is 1.25 bits per heavy atom. The summed E-state index contributed by atoms with van der Waals surface area (Å²) in [6, 6.07) is 5.41. The molecule has 1 heterocycles. The highest BCUT2D eigenvalue weighted by atomic mass is 35.5. The molecule has 1 aromatic carbocycles. The fourth-order valence-corrected chi connectivity index (χ4v) is 2.57. The van der Waals surface area contributed by atoms with Gasteiger partial charge in [0, 0.05) is 17.0 Å². The molecule has 16 heavy (non-hydrogen) atoms. The number of hydrogen-bond donors (Lipinski definition) is 0. The highest BCUT2D eigenvalue weighted by Gasteiger charge is 2.39. The van der Waals surface area contributed by atoms with E-state index in [1.807, 2.05) is 12.1 Å². The Bertz CT molecular complexity index is 373. The molecule has 0 atom stereocenters. The summed E-state index contributed by atoms with van der Waals surface area (Å²) < 4.78 is 11.5. The molecule has 2 nitrogen and oxygen atoms in total. The van der Waals surface area contributed by atoms with E-state index in [9.17, 15) is 0 Å². The maximum atomic E-state index is 6.19. The van der Waals surface area contributed by atoms with Crippen LogP contribution in [-0.4, -0.2) is 13.2 Å². The lowest BCUT2D eigenvalue weighted by Crippen LogP contribution is -2.27. The predicted molar refractivity (Wildman–Crippen MR) is 65.0 cm³/mol. The minimum atomic E-state index is -0.670. The van der Waals surface area contributed by atoms with Crippen LogP contribution in [0.4, 0.5) is 0 Å². The first-order chi connectivity index (χ1) is 7.68. The number of rotatable bonds is 3. The lowest BCUT2D eigenvalue weighted by Gasteiger charge is -2.28. The van der Waals surface area contributed by atoms with Crippen LogP contribution >= 0.6 is 23.2 Å². The number of hydrogen-bond acceptors (Lipinski definition) is 2. The first kappa shape index (κ1) is 12.2. The van der Waals surface area contributed by atoms with Gasteiger partial charge < -0.3 is 9.47 Å². The van der Waals surface area contributed by atoms with Crippen molar-refractivity contribution in [3.8, 4) is 0 Å². The van der Waals surface area contributed by atoms with Gasteiger partial charge >= 0.3 is 0 Å². The third-order valence-electron chi connectivity index (χ3n) is 2.67. The van der Waals surface area contributed by atoms with Gasteiger partial charge in [0.15, 0.2) is 5.79 Å². The van der Waals surface area contributed by atoms with E-state index in [-0.39, 0.29) is 0 Å². The highest BCUT2D eigenvalue weighted by Crippen LogP contribution is 2.40. The molecule has 0 radical (unpaired) electrons. The average molecular weight is 261 g/mol. The molecule has 0 spiro atoms. The minimum Gasteiger partial charge on any atom is -0.343 e. The Balaban J connectivity index is 2.38. The summed E-state index contributed by atoms with van der Waals surface area (Å²) in [6.07, 6.45) is 1.77. The Kier molecular flexibility index (Phi) is 3.75. The Hall–Kier alpha value is -0.280. The van der Waals surface area contributed by atoms with E-state index in [1.54, 1.807) is 6.07 Å². The maximum absolute atomic E-state index is 6.19. The predicted octanol–water partition coefficient (Wildman–Crippen LogP) is 3.99. The van der Waals surface area contributed by atoms with Crippen molar-refractivity contribution < 1.29 is 9.47 Å². The van der Waals surface area contributed by atoms with Gasteiger partial charge in [0.25, 0.3) is 0 Å².